The standard InChI is InChI=1S/C17H17Cl2NO4/c1-22-12-3-5-13(6-4-12)24-8-7-20-16-14(17(21)23-2)9-11(18)10-15(16)19/h3-6,9-10,20H,7-8H2,1-2H3. The number of esters is 1. The van der Waals surface area contributed by atoms with Gasteiger partial charge in [0.25, 0.3) is 0 Å². The number of hydrogen-bond donors (Lipinski definition) is 1. The Hall–Kier alpha value is -2.11. The van der Waals surface area contributed by atoms with Crippen molar-refractivity contribution in [2.24, 2.45) is 0 Å². The number of carbonyl (C=O) groups excluding carboxylic acids is 1. The Balaban J connectivity index is 1.97. The van der Waals surface area contributed by atoms with Crippen LogP contribution in [0.3, 0.4) is 0 Å². The largest absolute Gasteiger partial charge is 0.497 e. The molecule has 1 N–H and O–H groups in total. The number of hydrogen-bond acceptors (Lipinski definition) is 5. The first-order valence-electron chi connectivity index (χ1n) is 7.13. The van der Waals surface area contributed by atoms with Crippen molar-refractivity contribution in [2.45, 2.75) is 0 Å². The third kappa shape index (κ3) is 4.69. The molecular weight excluding hydrogens is 353 g/mol. The van der Waals surface area contributed by atoms with Crippen LogP contribution in [-0.4, -0.2) is 33.3 Å². The molecule has 0 unspecified atom stereocenters. The number of anilines is 1. The quantitative estimate of drug-likeness (QED) is 0.582. The van der Waals surface area contributed by atoms with Crippen LogP contribution in [0, 0.1) is 0 Å². The summed E-state index contributed by atoms with van der Waals surface area (Å²) in [5, 5.41) is 3.78. The summed E-state index contributed by atoms with van der Waals surface area (Å²) < 4.78 is 15.4. The summed E-state index contributed by atoms with van der Waals surface area (Å²) in [6.07, 6.45) is 0. The maximum atomic E-state index is 11.8. The molecule has 0 atom stereocenters. The molecule has 2 aromatic carbocycles. The fraction of sp³-hybridized carbons (Fsp3) is 0.235. The molecule has 24 heavy (non-hydrogen) atoms. The zero-order chi connectivity index (χ0) is 17.5. The van der Waals surface area contributed by atoms with Crippen molar-refractivity contribution in [3.05, 3.63) is 52.0 Å². The van der Waals surface area contributed by atoms with Crippen molar-refractivity contribution in [3.63, 3.8) is 0 Å². The normalized spacial score (nSPS) is 10.2. The van der Waals surface area contributed by atoms with Crippen LogP contribution in [0.15, 0.2) is 36.4 Å². The average molecular weight is 370 g/mol. The second kappa shape index (κ2) is 8.66. The van der Waals surface area contributed by atoms with E-state index in [2.05, 4.69) is 5.32 Å². The highest BCUT2D eigenvalue weighted by Gasteiger charge is 2.16. The highest BCUT2D eigenvalue weighted by atomic mass is 35.5. The molecule has 0 amide bonds. The van der Waals surface area contributed by atoms with Crippen molar-refractivity contribution >= 4 is 34.9 Å². The monoisotopic (exact) mass is 369 g/mol. The Labute approximate surface area is 150 Å². The first-order chi connectivity index (χ1) is 11.5. The molecule has 0 bridgehead atoms. The van der Waals surface area contributed by atoms with Crippen LogP contribution >= 0.6 is 23.2 Å². The summed E-state index contributed by atoms with van der Waals surface area (Å²) in [6.45, 7) is 0.823. The third-order valence-electron chi connectivity index (χ3n) is 3.19. The fourth-order valence-electron chi connectivity index (χ4n) is 2.04. The summed E-state index contributed by atoms with van der Waals surface area (Å²) in [6, 6.07) is 10.3. The van der Waals surface area contributed by atoms with E-state index >= 15 is 0 Å². The first-order valence-corrected chi connectivity index (χ1v) is 7.89. The van der Waals surface area contributed by atoms with Gasteiger partial charge in [-0.25, -0.2) is 4.79 Å². The van der Waals surface area contributed by atoms with Crippen LogP contribution < -0.4 is 14.8 Å². The summed E-state index contributed by atoms with van der Waals surface area (Å²) in [5.74, 6) is 0.960. The summed E-state index contributed by atoms with van der Waals surface area (Å²) in [7, 11) is 2.91. The Morgan fingerprint density at radius 1 is 1.08 bits per heavy atom. The molecule has 0 radical (unpaired) electrons. The van der Waals surface area contributed by atoms with E-state index in [4.69, 9.17) is 37.4 Å². The molecule has 0 aromatic heterocycles. The molecule has 0 saturated heterocycles. The molecule has 2 aromatic rings. The van der Waals surface area contributed by atoms with Crippen LogP contribution in [0.25, 0.3) is 0 Å². The van der Waals surface area contributed by atoms with E-state index in [-0.39, 0.29) is 5.56 Å². The van der Waals surface area contributed by atoms with E-state index in [9.17, 15) is 4.79 Å². The van der Waals surface area contributed by atoms with Crippen LogP contribution in [0.5, 0.6) is 11.5 Å². The minimum atomic E-state index is -0.516. The second-order valence-corrected chi connectivity index (χ2v) is 5.60. The lowest BCUT2D eigenvalue weighted by Crippen LogP contribution is -2.15. The van der Waals surface area contributed by atoms with E-state index < -0.39 is 5.97 Å². The lowest BCUT2D eigenvalue weighted by Gasteiger charge is -2.14. The van der Waals surface area contributed by atoms with Crippen molar-refractivity contribution in [1.29, 1.82) is 0 Å². The number of carbonyl (C=O) groups is 1. The minimum absolute atomic E-state index is 0.277. The first kappa shape index (κ1) is 18.2. The summed E-state index contributed by atoms with van der Waals surface area (Å²) in [5.41, 5.74) is 0.741. The summed E-state index contributed by atoms with van der Waals surface area (Å²) in [4.78, 5) is 11.8. The van der Waals surface area contributed by atoms with Gasteiger partial charge in [0.05, 0.1) is 30.5 Å². The van der Waals surface area contributed by atoms with Gasteiger partial charge in [0, 0.05) is 11.6 Å². The fourth-order valence-corrected chi connectivity index (χ4v) is 2.60. The molecule has 128 valence electrons. The average Bonchev–Trinajstić information content (AvgIpc) is 2.59. The second-order valence-electron chi connectivity index (χ2n) is 4.75. The maximum Gasteiger partial charge on any atom is 0.340 e. The molecule has 0 aliphatic heterocycles. The highest BCUT2D eigenvalue weighted by Crippen LogP contribution is 2.30. The smallest absolute Gasteiger partial charge is 0.340 e. The number of benzene rings is 2. The Morgan fingerprint density at radius 2 is 1.75 bits per heavy atom. The van der Waals surface area contributed by atoms with Gasteiger partial charge in [-0.2, -0.15) is 0 Å². The van der Waals surface area contributed by atoms with Gasteiger partial charge in [-0.1, -0.05) is 23.2 Å². The lowest BCUT2D eigenvalue weighted by molar-refractivity contribution is 0.0602. The van der Waals surface area contributed by atoms with E-state index in [1.54, 1.807) is 13.2 Å². The van der Waals surface area contributed by atoms with Crippen molar-refractivity contribution in [3.8, 4) is 11.5 Å². The van der Waals surface area contributed by atoms with Gasteiger partial charge < -0.3 is 19.5 Å². The molecule has 0 spiro atoms. The van der Waals surface area contributed by atoms with Gasteiger partial charge in [-0.05, 0) is 36.4 Å². The van der Waals surface area contributed by atoms with E-state index in [0.717, 1.165) is 5.75 Å². The SMILES string of the molecule is COC(=O)c1cc(Cl)cc(Cl)c1NCCOc1ccc(OC)cc1. The van der Waals surface area contributed by atoms with Crippen LogP contribution in [-0.2, 0) is 4.74 Å². The number of halogens is 2. The van der Waals surface area contributed by atoms with Crippen LogP contribution in [0.1, 0.15) is 10.4 Å². The highest BCUT2D eigenvalue weighted by molar-refractivity contribution is 6.37. The minimum Gasteiger partial charge on any atom is -0.497 e. The van der Waals surface area contributed by atoms with Gasteiger partial charge in [0.1, 0.15) is 18.1 Å². The molecule has 0 fully saturated rings. The number of rotatable bonds is 7. The van der Waals surface area contributed by atoms with Crippen LogP contribution in [0.4, 0.5) is 5.69 Å². The van der Waals surface area contributed by atoms with Gasteiger partial charge in [-0.15, -0.1) is 0 Å². The predicted octanol–water partition coefficient (Wildman–Crippen LogP) is 4.28. The topological polar surface area (TPSA) is 56.8 Å². The molecule has 2 rings (SSSR count). The zero-order valence-corrected chi connectivity index (χ0v) is 14.8. The number of nitrogens with one attached hydrogen (secondary N) is 1. The Kier molecular flexibility index (Phi) is 6.58. The predicted molar refractivity (Wildman–Crippen MR) is 94.8 cm³/mol. The van der Waals surface area contributed by atoms with Gasteiger partial charge in [0.2, 0.25) is 0 Å². The lowest BCUT2D eigenvalue weighted by atomic mass is 10.1. The van der Waals surface area contributed by atoms with E-state index in [1.807, 2.05) is 24.3 Å². The maximum absolute atomic E-state index is 11.8. The van der Waals surface area contributed by atoms with Crippen LogP contribution in [0.2, 0.25) is 10.0 Å². The molecule has 0 heterocycles. The van der Waals surface area contributed by atoms with Crippen molar-refractivity contribution in [1.82, 2.24) is 0 Å². The molecule has 0 saturated carbocycles. The third-order valence-corrected chi connectivity index (χ3v) is 3.71. The molecule has 0 aliphatic carbocycles. The summed E-state index contributed by atoms with van der Waals surface area (Å²) >= 11 is 12.1. The Morgan fingerprint density at radius 3 is 2.38 bits per heavy atom. The molecule has 5 nitrogen and oxygen atoms in total. The van der Waals surface area contributed by atoms with Gasteiger partial charge >= 0.3 is 5.97 Å². The van der Waals surface area contributed by atoms with E-state index in [1.165, 1.54) is 13.2 Å². The molecule has 7 heteroatoms. The number of methoxy groups -OCH3 is 2. The molecular formula is C17H17Cl2NO4. The van der Waals surface area contributed by atoms with Crippen molar-refractivity contribution < 1.29 is 19.0 Å². The Bertz CT molecular complexity index is 704. The van der Waals surface area contributed by atoms with E-state index in [0.29, 0.717) is 34.6 Å². The van der Waals surface area contributed by atoms with Gasteiger partial charge in [-0.3, -0.25) is 0 Å². The zero-order valence-electron chi connectivity index (χ0n) is 13.3. The molecule has 0 aliphatic rings. The van der Waals surface area contributed by atoms with Gasteiger partial charge in [0.15, 0.2) is 0 Å². The number of ether oxygens (including phenoxy) is 3. The van der Waals surface area contributed by atoms with Crippen molar-refractivity contribution in [2.75, 3.05) is 32.7 Å².